The normalized spacial score (nSPS) is 10.5. The zero-order valence-corrected chi connectivity index (χ0v) is 11.2. The summed E-state index contributed by atoms with van der Waals surface area (Å²) >= 11 is 0. The van der Waals surface area contributed by atoms with Crippen LogP contribution in [-0.4, -0.2) is 21.1 Å². The predicted molar refractivity (Wildman–Crippen MR) is 76.1 cm³/mol. The van der Waals surface area contributed by atoms with Crippen LogP contribution in [-0.2, 0) is 0 Å². The lowest BCUT2D eigenvalue weighted by molar-refractivity contribution is 0.102. The van der Waals surface area contributed by atoms with Crippen molar-refractivity contribution in [2.45, 2.75) is 0 Å². The first-order chi connectivity index (χ1) is 10.6. The van der Waals surface area contributed by atoms with Gasteiger partial charge >= 0.3 is 0 Å². The Kier molecular flexibility index (Phi) is 3.61. The number of hydrogen-bond acceptors (Lipinski definition) is 3. The van der Waals surface area contributed by atoms with Crippen LogP contribution in [0.4, 0.5) is 14.5 Å². The van der Waals surface area contributed by atoms with E-state index in [9.17, 15) is 13.6 Å². The van der Waals surface area contributed by atoms with E-state index >= 15 is 0 Å². The number of benzene rings is 1. The Bertz CT molecular complexity index is 817. The van der Waals surface area contributed by atoms with Crippen molar-refractivity contribution in [3.8, 4) is 11.4 Å². The maximum Gasteiger partial charge on any atom is 0.273 e. The maximum absolute atomic E-state index is 13.1. The van der Waals surface area contributed by atoms with Gasteiger partial charge < -0.3 is 5.32 Å². The summed E-state index contributed by atoms with van der Waals surface area (Å²) in [5.74, 6) is -2.52. The molecule has 0 unspecified atom stereocenters. The van der Waals surface area contributed by atoms with Crippen LogP contribution in [0.25, 0.3) is 11.4 Å². The molecule has 2 N–H and O–H groups in total. The Morgan fingerprint density at radius 1 is 1.05 bits per heavy atom. The molecule has 0 spiro atoms. The van der Waals surface area contributed by atoms with Gasteiger partial charge in [-0.15, -0.1) is 0 Å². The van der Waals surface area contributed by atoms with Crippen LogP contribution in [0.1, 0.15) is 10.5 Å². The van der Waals surface area contributed by atoms with Gasteiger partial charge in [-0.05, 0) is 30.3 Å². The molecule has 0 bridgehead atoms. The highest BCUT2D eigenvalue weighted by molar-refractivity contribution is 6.03. The summed E-state index contributed by atoms with van der Waals surface area (Å²) in [6.45, 7) is 0. The summed E-state index contributed by atoms with van der Waals surface area (Å²) in [6.07, 6.45) is 1.62. The third kappa shape index (κ3) is 2.83. The summed E-state index contributed by atoms with van der Waals surface area (Å²) < 4.78 is 25.9. The van der Waals surface area contributed by atoms with E-state index in [0.717, 1.165) is 12.1 Å². The number of carbonyl (C=O) groups is 1. The molecule has 0 aliphatic rings. The van der Waals surface area contributed by atoms with Crippen LogP contribution in [0.2, 0.25) is 0 Å². The molecule has 0 radical (unpaired) electrons. The van der Waals surface area contributed by atoms with Crippen molar-refractivity contribution in [1.82, 2.24) is 15.2 Å². The summed E-state index contributed by atoms with van der Waals surface area (Å²) in [6, 6.07) is 9.97. The number of nitrogens with zero attached hydrogens (tertiary/aromatic N) is 2. The maximum atomic E-state index is 13.1. The second kappa shape index (κ2) is 5.72. The topological polar surface area (TPSA) is 70.7 Å². The molecule has 3 rings (SSSR count). The Morgan fingerprint density at radius 3 is 2.64 bits per heavy atom. The SMILES string of the molecule is O=C(Nc1ccc(F)c(F)c1)c1cc(-c2ccccn2)n[nH]1. The monoisotopic (exact) mass is 300 g/mol. The number of anilines is 1. The highest BCUT2D eigenvalue weighted by Gasteiger charge is 2.12. The lowest BCUT2D eigenvalue weighted by Gasteiger charge is -2.03. The van der Waals surface area contributed by atoms with E-state index in [0.29, 0.717) is 11.4 Å². The third-order valence-electron chi connectivity index (χ3n) is 2.93. The van der Waals surface area contributed by atoms with E-state index in [1.54, 1.807) is 24.4 Å². The molecule has 0 fully saturated rings. The van der Waals surface area contributed by atoms with Crippen LogP contribution in [0.15, 0.2) is 48.7 Å². The molecule has 0 saturated carbocycles. The van der Waals surface area contributed by atoms with E-state index in [-0.39, 0.29) is 11.4 Å². The average Bonchev–Trinajstić information content (AvgIpc) is 3.02. The van der Waals surface area contributed by atoms with Gasteiger partial charge in [0.1, 0.15) is 11.4 Å². The molecule has 7 heteroatoms. The second-order valence-electron chi connectivity index (χ2n) is 4.46. The van der Waals surface area contributed by atoms with Crippen molar-refractivity contribution < 1.29 is 13.6 Å². The number of rotatable bonds is 3. The number of carbonyl (C=O) groups excluding carboxylic acids is 1. The molecule has 2 heterocycles. The highest BCUT2D eigenvalue weighted by atomic mass is 19.2. The summed E-state index contributed by atoms with van der Waals surface area (Å²) in [7, 11) is 0. The first-order valence-corrected chi connectivity index (χ1v) is 6.37. The van der Waals surface area contributed by atoms with Crippen molar-refractivity contribution >= 4 is 11.6 Å². The fourth-order valence-corrected chi connectivity index (χ4v) is 1.86. The lowest BCUT2D eigenvalue weighted by Crippen LogP contribution is -2.12. The quantitative estimate of drug-likeness (QED) is 0.781. The van der Waals surface area contributed by atoms with Crippen molar-refractivity contribution in [3.05, 3.63) is 66.0 Å². The standard InChI is InChI=1S/C15H10F2N4O/c16-10-5-4-9(7-11(10)17)19-15(22)14-8-13(20-21-14)12-3-1-2-6-18-12/h1-8H,(H,19,22)(H,20,21). The number of amides is 1. The summed E-state index contributed by atoms with van der Waals surface area (Å²) in [4.78, 5) is 16.2. The van der Waals surface area contributed by atoms with E-state index in [4.69, 9.17) is 0 Å². The molecule has 0 aliphatic heterocycles. The van der Waals surface area contributed by atoms with Gasteiger partial charge in [0.05, 0.1) is 5.69 Å². The Morgan fingerprint density at radius 2 is 1.91 bits per heavy atom. The number of nitrogens with one attached hydrogen (secondary N) is 2. The van der Waals surface area contributed by atoms with Crippen LogP contribution in [0, 0.1) is 11.6 Å². The lowest BCUT2D eigenvalue weighted by atomic mass is 10.2. The minimum atomic E-state index is -1.03. The van der Waals surface area contributed by atoms with Gasteiger partial charge in [0.25, 0.3) is 5.91 Å². The predicted octanol–water partition coefficient (Wildman–Crippen LogP) is 3.00. The minimum absolute atomic E-state index is 0.151. The van der Waals surface area contributed by atoms with Gasteiger partial charge in [0.15, 0.2) is 11.6 Å². The van der Waals surface area contributed by atoms with E-state index in [2.05, 4.69) is 20.5 Å². The van der Waals surface area contributed by atoms with Gasteiger partial charge in [0, 0.05) is 18.0 Å². The fourth-order valence-electron chi connectivity index (χ4n) is 1.86. The van der Waals surface area contributed by atoms with E-state index < -0.39 is 17.5 Å². The van der Waals surface area contributed by atoms with E-state index in [1.807, 2.05) is 0 Å². The zero-order valence-electron chi connectivity index (χ0n) is 11.2. The van der Waals surface area contributed by atoms with Crippen molar-refractivity contribution in [2.24, 2.45) is 0 Å². The molecular formula is C15H10F2N4O. The van der Waals surface area contributed by atoms with Crippen LogP contribution >= 0.6 is 0 Å². The molecule has 1 aromatic carbocycles. The fraction of sp³-hybridized carbons (Fsp3) is 0. The smallest absolute Gasteiger partial charge is 0.273 e. The van der Waals surface area contributed by atoms with Crippen molar-refractivity contribution in [3.63, 3.8) is 0 Å². The largest absolute Gasteiger partial charge is 0.321 e. The Hall–Kier alpha value is -3.09. The number of aromatic nitrogens is 3. The van der Waals surface area contributed by atoms with Gasteiger partial charge in [-0.2, -0.15) is 5.10 Å². The molecule has 0 atom stereocenters. The van der Waals surface area contributed by atoms with Crippen LogP contribution < -0.4 is 5.32 Å². The molecule has 2 aromatic heterocycles. The molecule has 110 valence electrons. The number of H-pyrrole nitrogens is 1. The molecule has 0 saturated heterocycles. The van der Waals surface area contributed by atoms with Crippen molar-refractivity contribution in [1.29, 1.82) is 0 Å². The Balaban J connectivity index is 1.78. The van der Waals surface area contributed by atoms with Gasteiger partial charge in [-0.25, -0.2) is 8.78 Å². The number of hydrogen-bond donors (Lipinski definition) is 2. The first kappa shape index (κ1) is 13.9. The van der Waals surface area contributed by atoms with Crippen molar-refractivity contribution in [2.75, 3.05) is 5.32 Å². The van der Waals surface area contributed by atoms with E-state index in [1.165, 1.54) is 12.1 Å². The average molecular weight is 300 g/mol. The number of aromatic amines is 1. The number of pyridine rings is 1. The second-order valence-corrected chi connectivity index (χ2v) is 4.46. The highest BCUT2D eigenvalue weighted by Crippen LogP contribution is 2.17. The summed E-state index contributed by atoms with van der Waals surface area (Å²) in [5.41, 5.74) is 1.46. The molecule has 0 aliphatic carbocycles. The van der Waals surface area contributed by atoms with Crippen LogP contribution in [0.5, 0.6) is 0 Å². The molecule has 1 amide bonds. The minimum Gasteiger partial charge on any atom is -0.321 e. The van der Waals surface area contributed by atoms with Crippen LogP contribution in [0.3, 0.4) is 0 Å². The van der Waals surface area contributed by atoms with Gasteiger partial charge in [-0.3, -0.25) is 14.9 Å². The first-order valence-electron chi connectivity index (χ1n) is 6.37. The molecule has 5 nitrogen and oxygen atoms in total. The molecular weight excluding hydrogens is 290 g/mol. The molecule has 22 heavy (non-hydrogen) atoms. The number of halogens is 2. The van der Waals surface area contributed by atoms with Gasteiger partial charge in [-0.1, -0.05) is 6.07 Å². The zero-order chi connectivity index (χ0) is 15.5. The summed E-state index contributed by atoms with van der Waals surface area (Å²) in [5, 5.41) is 9.03. The Labute approximate surface area is 124 Å². The van der Waals surface area contributed by atoms with Gasteiger partial charge in [0.2, 0.25) is 0 Å². The third-order valence-corrected chi connectivity index (χ3v) is 2.93. The molecule has 3 aromatic rings.